The van der Waals surface area contributed by atoms with Crippen molar-refractivity contribution in [1.29, 1.82) is 0 Å². The average Bonchev–Trinajstić information content (AvgIpc) is 3.20. The molecule has 2 aliphatic rings. The summed E-state index contributed by atoms with van der Waals surface area (Å²) in [5.41, 5.74) is 1.62. The van der Waals surface area contributed by atoms with Gasteiger partial charge in [-0.2, -0.15) is 4.31 Å². The molecule has 2 amide bonds. The molecule has 178 valence electrons. The van der Waals surface area contributed by atoms with E-state index >= 15 is 0 Å². The number of carbonyl (C=O) groups is 2. The summed E-state index contributed by atoms with van der Waals surface area (Å²) < 4.78 is 32.4. The molecule has 0 saturated carbocycles. The maximum Gasteiger partial charge on any atom is 0.243 e. The first-order valence-corrected chi connectivity index (χ1v) is 12.6. The maximum atomic E-state index is 13.0. The Morgan fingerprint density at radius 3 is 2.59 bits per heavy atom. The van der Waals surface area contributed by atoms with Crippen molar-refractivity contribution in [2.45, 2.75) is 37.0 Å². The van der Waals surface area contributed by atoms with Crippen LogP contribution in [0.1, 0.15) is 31.2 Å². The largest absolute Gasteiger partial charge is 0.385 e. The van der Waals surface area contributed by atoms with Crippen LogP contribution in [0.5, 0.6) is 0 Å². The molecule has 0 spiro atoms. The molecule has 9 nitrogen and oxygen atoms in total. The lowest BCUT2D eigenvalue weighted by Crippen LogP contribution is -2.42. The number of rotatable bonds is 10. The molecular formula is C22H34N4O5S. The summed E-state index contributed by atoms with van der Waals surface area (Å²) in [7, 11) is -0.145. The standard InChI is InChI=1S/C22H34N4O5S/c1-24(16-21(27)23-10-6-14-31-2)17-22(28)26-13-9-18-15-19(7-8-20(18)26)32(29,30)25-11-4-3-5-12-25/h7-8,15H,3-6,9-14,16-17H2,1-2H3,(H,23,27). The molecule has 10 heteroatoms. The van der Waals surface area contributed by atoms with E-state index in [0.717, 1.165) is 36.9 Å². The smallest absolute Gasteiger partial charge is 0.243 e. The van der Waals surface area contributed by atoms with Gasteiger partial charge in [-0.15, -0.1) is 0 Å². The van der Waals surface area contributed by atoms with Crippen LogP contribution in [0.25, 0.3) is 0 Å². The van der Waals surface area contributed by atoms with Crippen molar-refractivity contribution < 1.29 is 22.7 Å². The van der Waals surface area contributed by atoms with Crippen LogP contribution >= 0.6 is 0 Å². The lowest BCUT2D eigenvalue weighted by Gasteiger charge is -2.26. The van der Waals surface area contributed by atoms with Crippen molar-refractivity contribution in [3.8, 4) is 0 Å². The number of ether oxygens (including phenoxy) is 1. The lowest BCUT2D eigenvalue weighted by molar-refractivity contribution is -0.123. The van der Waals surface area contributed by atoms with Crippen molar-refractivity contribution >= 4 is 27.5 Å². The van der Waals surface area contributed by atoms with Crippen LogP contribution in [-0.4, -0.2) is 89.5 Å². The third kappa shape index (κ3) is 6.06. The Bertz CT molecular complexity index is 915. The minimum Gasteiger partial charge on any atom is -0.385 e. The van der Waals surface area contributed by atoms with E-state index < -0.39 is 10.0 Å². The summed E-state index contributed by atoms with van der Waals surface area (Å²) in [6.45, 7) is 3.01. The first kappa shape index (κ1) is 24.6. The summed E-state index contributed by atoms with van der Waals surface area (Å²) in [6, 6.07) is 5.05. The van der Waals surface area contributed by atoms with Gasteiger partial charge in [-0.25, -0.2) is 8.42 Å². The third-order valence-corrected chi connectivity index (χ3v) is 7.76. The van der Waals surface area contributed by atoms with Crippen LogP contribution in [0.15, 0.2) is 23.1 Å². The Morgan fingerprint density at radius 1 is 1.12 bits per heavy atom. The van der Waals surface area contributed by atoms with Crippen molar-refractivity contribution in [2.75, 3.05) is 64.9 Å². The molecule has 1 N–H and O–H groups in total. The number of likely N-dealkylation sites (N-methyl/N-ethyl adjacent to an activating group) is 1. The number of benzene rings is 1. The van der Waals surface area contributed by atoms with Gasteiger partial charge in [0.25, 0.3) is 0 Å². The quantitative estimate of drug-likeness (QED) is 0.513. The van der Waals surface area contributed by atoms with Gasteiger partial charge < -0.3 is 15.0 Å². The van der Waals surface area contributed by atoms with Gasteiger partial charge in [-0.3, -0.25) is 14.5 Å². The Labute approximate surface area is 190 Å². The predicted molar refractivity (Wildman–Crippen MR) is 122 cm³/mol. The Balaban J connectivity index is 1.57. The molecule has 2 aliphatic heterocycles. The number of carbonyl (C=O) groups excluding carboxylic acids is 2. The van der Waals surface area contributed by atoms with Crippen LogP contribution in [0.4, 0.5) is 5.69 Å². The molecule has 0 atom stereocenters. The summed E-state index contributed by atoms with van der Waals surface area (Å²) in [5, 5.41) is 2.81. The van der Waals surface area contributed by atoms with Crippen molar-refractivity contribution in [2.24, 2.45) is 0 Å². The van der Waals surface area contributed by atoms with E-state index in [-0.39, 0.29) is 24.9 Å². The second-order valence-electron chi connectivity index (χ2n) is 8.42. The topological polar surface area (TPSA) is 99.3 Å². The number of hydrogen-bond acceptors (Lipinski definition) is 6. The number of amides is 2. The summed E-state index contributed by atoms with van der Waals surface area (Å²) in [4.78, 5) is 28.5. The van der Waals surface area contributed by atoms with Crippen LogP contribution in [0, 0.1) is 0 Å². The zero-order valence-corrected chi connectivity index (χ0v) is 19.8. The number of nitrogens with zero attached hydrogens (tertiary/aromatic N) is 3. The highest BCUT2D eigenvalue weighted by atomic mass is 32.2. The molecule has 1 aromatic rings. The molecule has 2 heterocycles. The SMILES string of the molecule is COCCCNC(=O)CN(C)CC(=O)N1CCc2cc(S(=O)(=O)N3CCCCC3)ccc21. The normalized spacial score (nSPS) is 16.9. The van der Waals surface area contributed by atoms with E-state index in [1.54, 1.807) is 46.5 Å². The lowest BCUT2D eigenvalue weighted by atomic mass is 10.2. The second-order valence-corrected chi connectivity index (χ2v) is 10.4. The van der Waals surface area contributed by atoms with E-state index in [1.807, 2.05) is 0 Å². The summed E-state index contributed by atoms with van der Waals surface area (Å²) in [6.07, 6.45) is 4.21. The van der Waals surface area contributed by atoms with E-state index in [2.05, 4.69) is 5.32 Å². The molecule has 1 saturated heterocycles. The number of sulfonamides is 1. The third-order valence-electron chi connectivity index (χ3n) is 5.87. The van der Waals surface area contributed by atoms with Gasteiger partial charge in [0.2, 0.25) is 21.8 Å². The second kappa shape index (κ2) is 11.2. The van der Waals surface area contributed by atoms with Gasteiger partial charge in [0.15, 0.2) is 0 Å². The number of anilines is 1. The number of methoxy groups -OCH3 is 1. The molecule has 1 aromatic carbocycles. The number of nitrogens with one attached hydrogen (secondary N) is 1. The van der Waals surface area contributed by atoms with Crippen LogP contribution in [0.3, 0.4) is 0 Å². The molecule has 0 unspecified atom stereocenters. The molecule has 3 rings (SSSR count). The fraction of sp³-hybridized carbons (Fsp3) is 0.636. The van der Waals surface area contributed by atoms with Crippen molar-refractivity contribution in [3.05, 3.63) is 23.8 Å². The number of hydrogen-bond donors (Lipinski definition) is 1. The fourth-order valence-corrected chi connectivity index (χ4v) is 5.74. The van der Waals surface area contributed by atoms with Gasteiger partial charge in [0, 0.05) is 45.6 Å². The van der Waals surface area contributed by atoms with Gasteiger partial charge >= 0.3 is 0 Å². The molecule has 1 fully saturated rings. The Hall–Kier alpha value is -2.01. The van der Waals surface area contributed by atoms with Crippen LogP contribution < -0.4 is 10.2 Å². The first-order valence-electron chi connectivity index (χ1n) is 11.2. The van der Waals surface area contributed by atoms with E-state index in [4.69, 9.17) is 4.74 Å². The predicted octanol–water partition coefficient (Wildman–Crippen LogP) is 0.835. The van der Waals surface area contributed by atoms with Gasteiger partial charge in [-0.05, 0) is 56.5 Å². The molecule has 32 heavy (non-hydrogen) atoms. The highest BCUT2D eigenvalue weighted by Crippen LogP contribution is 2.31. The van der Waals surface area contributed by atoms with Crippen molar-refractivity contribution in [3.63, 3.8) is 0 Å². The zero-order valence-electron chi connectivity index (χ0n) is 19.0. The number of fused-ring (bicyclic) bond motifs is 1. The van der Waals surface area contributed by atoms with Gasteiger partial charge in [0.05, 0.1) is 18.0 Å². The van der Waals surface area contributed by atoms with E-state index in [0.29, 0.717) is 44.1 Å². The first-order chi connectivity index (χ1) is 15.3. The minimum atomic E-state index is -3.50. The van der Waals surface area contributed by atoms with Gasteiger partial charge in [-0.1, -0.05) is 6.42 Å². The van der Waals surface area contributed by atoms with Crippen LogP contribution in [-0.2, 0) is 30.8 Å². The van der Waals surface area contributed by atoms with E-state index in [9.17, 15) is 18.0 Å². The zero-order chi connectivity index (χ0) is 23.1. The Morgan fingerprint density at radius 2 is 1.88 bits per heavy atom. The summed E-state index contributed by atoms with van der Waals surface area (Å²) >= 11 is 0. The highest BCUT2D eigenvalue weighted by Gasteiger charge is 2.30. The Kier molecular flexibility index (Phi) is 8.64. The van der Waals surface area contributed by atoms with Crippen molar-refractivity contribution in [1.82, 2.24) is 14.5 Å². The average molecular weight is 467 g/mol. The molecule has 0 aliphatic carbocycles. The molecule has 0 bridgehead atoms. The van der Waals surface area contributed by atoms with Gasteiger partial charge in [0.1, 0.15) is 0 Å². The number of piperidine rings is 1. The minimum absolute atomic E-state index is 0.106. The molecule has 0 radical (unpaired) electrons. The van der Waals surface area contributed by atoms with Crippen LogP contribution in [0.2, 0.25) is 0 Å². The molecular weight excluding hydrogens is 432 g/mol. The highest BCUT2D eigenvalue weighted by molar-refractivity contribution is 7.89. The monoisotopic (exact) mass is 466 g/mol. The fourth-order valence-electron chi connectivity index (χ4n) is 4.17. The van der Waals surface area contributed by atoms with E-state index in [1.165, 1.54) is 0 Å². The molecule has 0 aromatic heterocycles. The summed E-state index contributed by atoms with van der Waals surface area (Å²) in [5.74, 6) is -0.240. The maximum absolute atomic E-state index is 13.0.